The van der Waals surface area contributed by atoms with E-state index in [0.29, 0.717) is 12.5 Å². The summed E-state index contributed by atoms with van der Waals surface area (Å²) in [5.41, 5.74) is 0. The standard InChI is InChI=1S/C9H18F3N/c1-7(2)13-8(3)5-4-6-9(10,11)12/h7-8,13H,4-6H2,1-3H3. The second-order valence-corrected chi connectivity index (χ2v) is 3.73. The molecular formula is C9H18F3N. The predicted octanol–water partition coefficient (Wildman–Crippen LogP) is 3.11. The van der Waals surface area contributed by atoms with Gasteiger partial charge in [0.2, 0.25) is 0 Å². The molecule has 0 aliphatic rings. The van der Waals surface area contributed by atoms with Gasteiger partial charge in [0, 0.05) is 18.5 Å². The number of hydrogen-bond donors (Lipinski definition) is 1. The molecule has 0 amide bonds. The van der Waals surface area contributed by atoms with Crippen LogP contribution in [0.1, 0.15) is 40.0 Å². The van der Waals surface area contributed by atoms with Crippen molar-refractivity contribution in [3.05, 3.63) is 0 Å². The van der Waals surface area contributed by atoms with Gasteiger partial charge < -0.3 is 5.32 Å². The smallest absolute Gasteiger partial charge is 0.312 e. The van der Waals surface area contributed by atoms with Crippen molar-refractivity contribution < 1.29 is 13.2 Å². The molecule has 1 nitrogen and oxygen atoms in total. The summed E-state index contributed by atoms with van der Waals surface area (Å²) in [6.07, 6.45) is -3.88. The van der Waals surface area contributed by atoms with Crippen LogP contribution in [0, 0.1) is 0 Å². The first-order valence-electron chi connectivity index (χ1n) is 4.64. The second kappa shape index (κ2) is 5.47. The minimum atomic E-state index is -4.00. The first-order chi connectivity index (χ1) is 5.81. The van der Waals surface area contributed by atoms with E-state index in [4.69, 9.17) is 0 Å². The van der Waals surface area contributed by atoms with Gasteiger partial charge in [-0.25, -0.2) is 0 Å². The van der Waals surface area contributed by atoms with Gasteiger partial charge in [-0.1, -0.05) is 13.8 Å². The Labute approximate surface area is 77.7 Å². The van der Waals surface area contributed by atoms with E-state index in [-0.39, 0.29) is 12.5 Å². The lowest BCUT2D eigenvalue weighted by atomic mass is 10.1. The number of hydrogen-bond acceptors (Lipinski definition) is 1. The van der Waals surface area contributed by atoms with Crippen molar-refractivity contribution in [3.8, 4) is 0 Å². The molecule has 0 aromatic carbocycles. The molecule has 1 atom stereocenters. The molecule has 13 heavy (non-hydrogen) atoms. The molecule has 80 valence electrons. The lowest BCUT2D eigenvalue weighted by Gasteiger charge is -2.16. The minimum Gasteiger partial charge on any atom is -0.312 e. The maximum absolute atomic E-state index is 11.7. The quantitative estimate of drug-likeness (QED) is 0.714. The van der Waals surface area contributed by atoms with E-state index in [1.54, 1.807) is 0 Å². The van der Waals surface area contributed by atoms with E-state index in [9.17, 15) is 13.2 Å². The van der Waals surface area contributed by atoms with Gasteiger partial charge in [0.25, 0.3) is 0 Å². The monoisotopic (exact) mass is 197 g/mol. The van der Waals surface area contributed by atoms with Gasteiger partial charge in [0.1, 0.15) is 0 Å². The van der Waals surface area contributed by atoms with Gasteiger partial charge >= 0.3 is 6.18 Å². The van der Waals surface area contributed by atoms with Crippen LogP contribution in [0.15, 0.2) is 0 Å². The van der Waals surface area contributed by atoms with E-state index in [2.05, 4.69) is 5.32 Å². The third-order valence-corrected chi connectivity index (χ3v) is 1.72. The summed E-state index contributed by atoms with van der Waals surface area (Å²) in [7, 11) is 0. The molecule has 0 aliphatic heterocycles. The molecule has 0 fully saturated rings. The lowest BCUT2D eigenvalue weighted by Crippen LogP contribution is -2.32. The summed E-state index contributed by atoms with van der Waals surface area (Å²) in [5.74, 6) is 0. The van der Waals surface area contributed by atoms with Crippen molar-refractivity contribution >= 4 is 0 Å². The van der Waals surface area contributed by atoms with Crippen LogP contribution >= 0.6 is 0 Å². The summed E-state index contributed by atoms with van der Waals surface area (Å²) in [4.78, 5) is 0. The molecule has 0 bridgehead atoms. The Balaban J connectivity index is 3.42. The van der Waals surface area contributed by atoms with Crippen molar-refractivity contribution in [2.24, 2.45) is 0 Å². The molecule has 0 saturated heterocycles. The molecule has 0 heterocycles. The van der Waals surface area contributed by atoms with Crippen molar-refractivity contribution in [3.63, 3.8) is 0 Å². The molecule has 0 radical (unpaired) electrons. The zero-order valence-corrected chi connectivity index (χ0v) is 8.41. The van der Waals surface area contributed by atoms with Crippen molar-refractivity contribution in [2.75, 3.05) is 0 Å². The van der Waals surface area contributed by atoms with E-state index in [1.807, 2.05) is 20.8 Å². The first kappa shape index (κ1) is 12.8. The Hall–Kier alpha value is -0.250. The first-order valence-corrected chi connectivity index (χ1v) is 4.64. The Bertz CT molecular complexity index is 131. The zero-order chi connectivity index (χ0) is 10.5. The zero-order valence-electron chi connectivity index (χ0n) is 8.41. The van der Waals surface area contributed by atoms with Crippen molar-refractivity contribution in [1.82, 2.24) is 5.32 Å². The van der Waals surface area contributed by atoms with Gasteiger partial charge in [-0.2, -0.15) is 13.2 Å². The number of halogens is 3. The molecule has 0 aliphatic carbocycles. The highest BCUT2D eigenvalue weighted by molar-refractivity contribution is 4.64. The van der Waals surface area contributed by atoms with Gasteiger partial charge in [-0.3, -0.25) is 0 Å². The molecule has 1 N–H and O–H groups in total. The van der Waals surface area contributed by atoms with Crippen LogP contribution < -0.4 is 5.32 Å². The third-order valence-electron chi connectivity index (χ3n) is 1.72. The van der Waals surface area contributed by atoms with E-state index >= 15 is 0 Å². The van der Waals surface area contributed by atoms with Crippen LogP contribution in [-0.4, -0.2) is 18.3 Å². The van der Waals surface area contributed by atoms with E-state index in [0.717, 1.165) is 0 Å². The average Bonchev–Trinajstić information content (AvgIpc) is 1.81. The van der Waals surface area contributed by atoms with E-state index in [1.165, 1.54) is 0 Å². The summed E-state index contributed by atoms with van der Waals surface area (Å²) >= 11 is 0. The van der Waals surface area contributed by atoms with Crippen molar-refractivity contribution in [2.45, 2.75) is 58.3 Å². The van der Waals surface area contributed by atoms with Crippen LogP contribution in [-0.2, 0) is 0 Å². The molecule has 0 saturated carbocycles. The summed E-state index contributed by atoms with van der Waals surface area (Å²) < 4.78 is 35.2. The molecule has 0 rings (SSSR count). The Morgan fingerprint density at radius 2 is 1.69 bits per heavy atom. The van der Waals surface area contributed by atoms with Crippen LogP contribution in [0.3, 0.4) is 0 Å². The predicted molar refractivity (Wildman–Crippen MR) is 47.6 cm³/mol. The molecule has 0 aromatic rings. The maximum atomic E-state index is 11.7. The van der Waals surface area contributed by atoms with Crippen LogP contribution in [0.25, 0.3) is 0 Å². The lowest BCUT2D eigenvalue weighted by molar-refractivity contribution is -0.135. The molecule has 0 aromatic heterocycles. The SMILES string of the molecule is CC(C)NC(C)CCCC(F)(F)F. The largest absolute Gasteiger partial charge is 0.389 e. The second-order valence-electron chi connectivity index (χ2n) is 3.73. The highest BCUT2D eigenvalue weighted by Gasteiger charge is 2.26. The number of alkyl halides is 3. The number of nitrogens with one attached hydrogen (secondary N) is 1. The average molecular weight is 197 g/mol. The number of rotatable bonds is 5. The van der Waals surface area contributed by atoms with Crippen LogP contribution in [0.2, 0.25) is 0 Å². The topological polar surface area (TPSA) is 12.0 Å². The third kappa shape index (κ3) is 9.67. The summed E-state index contributed by atoms with van der Waals surface area (Å²) in [6, 6.07) is 0.503. The highest BCUT2D eigenvalue weighted by Crippen LogP contribution is 2.22. The highest BCUT2D eigenvalue weighted by atomic mass is 19.4. The normalized spacial score (nSPS) is 15.0. The Morgan fingerprint density at radius 1 is 1.15 bits per heavy atom. The summed E-state index contributed by atoms with van der Waals surface area (Å²) in [5, 5.41) is 3.16. The van der Waals surface area contributed by atoms with Crippen molar-refractivity contribution in [1.29, 1.82) is 0 Å². The van der Waals surface area contributed by atoms with Gasteiger partial charge in [-0.05, 0) is 19.8 Å². The van der Waals surface area contributed by atoms with Crippen LogP contribution in [0.5, 0.6) is 0 Å². The van der Waals surface area contributed by atoms with Gasteiger partial charge in [0.15, 0.2) is 0 Å². The fourth-order valence-corrected chi connectivity index (χ4v) is 1.26. The van der Waals surface area contributed by atoms with E-state index < -0.39 is 12.6 Å². The summed E-state index contributed by atoms with van der Waals surface area (Å²) in [6.45, 7) is 5.89. The van der Waals surface area contributed by atoms with Gasteiger partial charge in [0.05, 0.1) is 0 Å². The molecule has 0 spiro atoms. The van der Waals surface area contributed by atoms with Crippen LogP contribution in [0.4, 0.5) is 13.2 Å². The Morgan fingerprint density at radius 3 is 2.08 bits per heavy atom. The maximum Gasteiger partial charge on any atom is 0.389 e. The van der Waals surface area contributed by atoms with Gasteiger partial charge in [-0.15, -0.1) is 0 Å². The molecular weight excluding hydrogens is 179 g/mol. The molecule has 4 heteroatoms. The Kier molecular flexibility index (Phi) is 5.37. The fourth-order valence-electron chi connectivity index (χ4n) is 1.26. The minimum absolute atomic E-state index is 0.169. The molecule has 1 unspecified atom stereocenters. The fraction of sp³-hybridized carbons (Fsp3) is 1.00.